The predicted molar refractivity (Wildman–Crippen MR) is 47.1 cm³/mol. The Bertz CT molecular complexity index is 395. The van der Waals surface area contributed by atoms with Gasteiger partial charge in [-0.15, -0.1) is 4.52 Å². The smallest absolute Gasteiger partial charge is 0.0581 e. The second-order valence-electron chi connectivity index (χ2n) is 2.18. The minimum absolute atomic E-state index is 1.13. The van der Waals surface area contributed by atoms with Crippen molar-refractivity contribution >= 4 is 23.6 Å². The van der Waals surface area contributed by atoms with Crippen LogP contribution in [0.5, 0.6) is 0 Å². The molecule has 0 amide bonds. The molecular weight excluding hydrogens is 156 g/mol. The van der Waals surface area contributed by atoms with Crippen molar-refractivity contribution in [3.05, 3.63) is 34.7 Å². The van der Waals surface area contributed by atoms with Crippen molar-refractivity contribution in [1.29, 1.82) is 0 Å². The molecule has 0 saturated carbocycles. The lowest BCUT2D eigenvalue weighted by Crippen LogP contribution is -2.22. The Kier molecular flexibility index (Phi) is 1.73. The van der Waals surface area contributed by atoms with E-state index in [1.54, 1.807) is 6.20 Å². The van der Waals surface area contributed by atoms with E-state index in [4.69, 9.17) is 0 Å². The van der Waals surface area contributed by atoms with E-state index in [0.717, 1.165) is 5.22 Å². The van der Waals surface area contributed by atoms with Gasteiger partial charge in [0.15, 0.2) is 0 Å². The zero-order chi connectivity index (χ0) is 7.52. The molecule has 0 unspecified atom stereocenters. The lowest BCUT2D eigenvalue weighted by Gasteiger charge is -1.83. The second kappa shape index (κ2) is 2.88. The zero-order valence-electron chi connectivity index (χ0n) is 5.77. The summed E-state index contributed by atoms with van der Waals surface area (Å²) in [5.41, 5.74) is 0. The number of nitrogens with zero attached hydrogens (tertiary/aromatic N) is 2. The third-order valence-corrected chi connectivity index (χ3v) is 2.01. The number of hydrogen-bond acceptors (Lipinski definition) is 3. The molecule has 0 fully saturated rings. The van der Waals surface area contributed by atoms with Gasteiger partial charge in [0.2, 0.25) is 0 Å². The van der Waals surface area contributed by atoms with Crippen LogP contribution in [0.2, 0.25) is 0 Å². The maximum atomic E-state index is 3.84. The average molecular weight is 162 g/mol. The Hall–Kier alpha value is -1.09. The highest BCUT2D eigenvalue weighted by atomic mass is 32.2. The molecule has 11 heavy (non-hydrogen) atoms. The molecule has 0 N–H and O–H groups in total. The van der Waals surface area contributed by atoms with Crippen LogP contribution in [0, 0.1) is 0 Å². The average Bonchev–Trinajstić information content (AvgIpc) is 2.28. The standard InChI is InChI=1S/C8H6N2S/c1-2-4-8-6-11-10-9-5-7(8)3-1/h1-6H. The molecule has 0 aliphatic carbocycles. The van der Waals surface area contributed by atoms with Crippen LogP contribution in [0.25, 0.3) is 11.6 Å². The van der Waals surface area contributed by atoms with Crippen LogP contribution >= 0.6 is 11.9 Å². The highest BCUT2D eigenvalue weighted by Gasteiger charge is 1.86. The summed E-state index contributed by atoms with van der Waals surface area (Å²) < 4.78 is 3.82. The summed E-state index contributed by atoms with van der Waals surface area (Å²) in [4.78, 5) is 0. The molecule has 2 nitrogen and oxygen atoms in total. The number of rotatable bonds is 0. The maximum Gasteiger partial charge on any atom is 0.0581 e. The van der Waals surface area contributed by atoms with E-state index in [9.17, 15) is 0 Å². The van der Waals surface area contributed by atoms with Crippen molar-refractivity contribution in [3.63, 3.8) is 0 Å². The van der Waals surface area contributed by atoms with Gasteiger partial charge in [-0.1, -0.05) is 24.3 Å². The van der Waals surface area contributed by atoms with Gasteiger partial charge in [-0.3, -0.25) is 0 Å². The van der Waals surface area contributed by atoms with E-state index in [2.05, 4.69) is 15.7 Å². The molecule has 1 aromatic rings. The van der Waals surface area contributed by atoms with Crippen LogP contribution in [-0.2, 0) is 0 Å². The van der Waals surface area contributed by atoms with Gasteiger partial charge < -0.3 is 0 Å². The zero-order valence-corrected chi connectivity index (χ0v) is 6.58. The molecule has 54 valence electrons. The lowest BCUT2D eigenvalue weighted by atomic mass is 10.3. The van der Waals surface area contributed by atoms with Gasteiger partial charge in [-0.25, -0.2) is 0 Å². The first-order valence-corrected chi connectivity index (χ1v) is 4.12. The van der Waals surface area contributed by atoms with Crippen LogP contribution in [-0.4, -0.2) is 0 Å². The van der Waals surface area contributed by atoms with E-state index >= 15 is 0 Å². The normalized spacial score (nSPS) is 14.2. The van der Waals surface area contributed by atoms with Crippen molar-refractivity contribution in [2.24, 2.45) is 9.63 Å². The summed E-state index contributed by atoms with van der Waals surface area (Å²) >= 11 is 1.36. The molecule has 1 heterocycles. The van der Waals surface area contributed by atoms with Gasteiger partial charge in [0, 0.05) is 22.6 Å². The molecule has 1 aromatic carbocycles. The van der Waals surface area contributed by atoms with Gasteiger partial charge >= 0.3 is 0 Å². The van der Waals surface area contributed by atoms with Crippen LogP contribution in [0.4, 0.5) is 0 Å². The van der Waals surface area contributed by atoms with Crippen LogP contribution in [0.1, 0.15) is 0 Å². The number of hydrogen-bond donors (Lipinski definition) is 0. The van der Waals surface area contributed by atoms with Crippen LogP contribution in [0.3, 0.4) is 0 Å². The van der Waals surface area contributed by atoms with E-state index in [-0.39, 0.29) is 0 Å². The number of benzene rings is 1. The minimum atomic E-state index is 1.13. The summed E-state index contributed by atoms with van der Waals surface area (Å²) in [5.74, 6) is 0. The fraction of sp³-hybridized carbons (Fsp3) is 0. The van der Waals surface area contributed by atoms with Crippen LogP contribution < -0.4 is 10.4 Å². The summed E-state index contributed by atoms with van der Waals surface area (Å²) in [6.45, 7) is 0. The SMILES string of the molecule is C1=c2ccccc2=CSN=N1. The molecule has 2 rings (SSSR count). The summed E-state index contributed by atoms with van der Waals surface area (Å²) in [5, 5.41) is 8.14. The first-order valence-electron chi connectivity index (χ1n) is 3.28. The Labute approximate surface area is 68.5 Å². The molecule has 0 saturated heterocycles. The first kappa shape index (κ1) is 6.61. The van der Waals surface area contributed by atoms with Crippen molar-refractivity contribution in [3.8, 4) is 0 Å². The molecule has 0 aromatic heterocycles. The van der Waals surface area contributed by atoms with E-state index in [1.165, 1.54) is 17.2 Å². The maximum absolute atomic E-state index is 3.84. The minimum Gasteiger partial charge on any atom is -0.151 e. The predicted octanol–water partition coefficient (Wildman–Crippen LogP) is 1.28. The Morgan fingerprint density at radius 1 is 1.09 bits per heavy atom. The Morgan fingerprint density at radius 2 is 1.91 bits per heavy atom. The van der Waals surface area contributed by atoms with Crippen molar-refractivity contribution in [2.45, 2.75) is 0 Å². The summed E-state index contributed by atoms with van der Waals surface area (Å²) in [6, 6.07) is 8.08. The van der Waals surface area contributed by atoms with Gasteiger partial charge in [0.25, 0.3) is 0 Å². The van der Waals surface area contributed by atoms with Gasteiger partial charge in [0.1, 0.15) is 0 Å². The third kappa shape index (κ3) is 1.33. The fourth-order valence-corrected chi connectivity index (χ4v) is 1.41. The van der Waals surface area contributed by atoms with Gasteiger partial charge in [0.05, 0.1) is 6.20 Å². The molecule has 3 heteroatoms. The topological polar surface area (TPSA) is 24.7 Å². The monoisotopic (exact) mass is 162 g/mol. The molecular formula is C8H6N2S. The molecule has 0 radical (unpaired) electrons. The second-order valence-corrected chi connectivity index (χ2v) is 2.79. The lowest BCUT2D eigenvalue weighted by molar-refractivity contribution is 1.40. The quantitative estimate of drug-likeness (QED) is 0.527. The summed E-state index contributed by atoms with van der Waals surface area (Å²) in [6.07, 6.45) is 1.77. The molecule has 0 atom stereocenters. The number of fused-ring (bicyclic) bond motifs is 1. The van der Waals surface area contributed by atoms with Crippen molar-refractivity contribution < 1.29 is 0 Å². The molecule has 0 bridgehead atoms. The largest absolute Gasteiger partial charge is 0.151 e. The van der Waals surface area contributed by atoms with Crippen molar-refractivity contribution in [1.82, 2.24) is 0 Å². The van der Waals surface area contributed by atoms with Gasteiger partial charge in [-0.2, -0.15) is 5.11 Å². The Morgan fingerprint density at radius 3 is 2.82 bits per heavy atom. The summed E-state index contributed by atoms with van der Waals surface area (Å²) in [7, 11) is 0. The third-order valence-electron chi connectivity index (χ3n) is 1.47. The molecule has 1 aliphatic rings. The van der Waals surface area contributed by atoms with E-state index in [0.29, 0.717) is 0 Å². The molecule has 1 aliphatic heterocycles. The first-order chi connectivity index (χ1) is 5.47. The van der Waals surface area contributed by atoms with E-state index < -0.39 is 0 Å². The Balaban J connectivity index is 2.81. The molecule has 0 spiro atoms. The fourth-order valence-electron chi connectivity index (χ4n) is 0.929. The highest BCUT2D eigenvalue weighted by Crippen LogP contribution is 2.04. The van der Waals surface area contributed by atoms with Crippen molar-refractivity contribution in [2.75, 3.05) is 0 Å². The van der Waals surface area contributed by atoms with E-state index in [1.807, 2.05) is 23.6 Å². The highest BCUT2D eigenvalue weighted by molar-refractivity contribution is 8.05. The van der Waals surface area contributed by atoms with Gasteiger partial charge in [-0.05, 0) is 5.22 Å². The van der Waals surface area contributed by atoms with Crippen LogP contribution in [0.15, 0.2) is 33.9 Å².